The quantitative estimate of drug-likeness (QED) is 0.262. The molecule has 0 saturated carbocycles. The molecule has 2 aromatic carbocycles. The number of hydrazine groups is 1. The third-order valence-corrected chi connectivity index (χ3v) is 5.75. The van der Waals surface area contributed by atoms with E-state index in [4.69, 9.17) is 4.74 Å². The SMILES string of the molecule is CC(=O)Oc1ccccc1C(=O)NCCCCCC1NNC(Nc2ccccc2)S1. The van der Waals surface area contributed by atoms with Gasteiger partial charge in [0.25, 0.3) is 5.91 Å². The van der Waals surface area contributed by atoms with E-state index in [2.05, 4.69) is 33.6 Å². The van der Waals surface area contributed by atoms with Crippen LogP contribution in [0.1, 0.15) is 43.0 Å². The summed E-state index contributed by atoms with van der Waals surface area (Å²) >= 11 is 1.83. The van der Waals surface area contributed by atoms with E-state index >= 15 is 0 Å². The predicted octanol–water partition coefficient (Wildman–Crippen LogP) is 3.46. The fraction of sp³-hybridized carbons (Fsp3) is 0.364. The molecule has 2 aromatic rings. The van der Waals surface area contributed by atoms with Gasteiger partial charge >= 0.3 is 5.97 Å². The van der Waals surface area contributed by atoms with Gasteiger partial charge in [-0.25, -0.2) is 10.9 Å². The van der Waals surface area contributed by atoms with Crippen molar-refractivity contribution < 1.29 is 14.3 Å². The van der Waals surface area contributed by atoms with Crippen LogP contribution in [-0.2, 0) is 4.79 Å². The maximum Gasteiger partial charge on any atom is 0.308 e. The molecule has 160 valence electrons. The van der Waals surface area contributed by atoms with Gasteiger partial charge in [0.1, 0.15) is 11.2 Å². The van der Waals surface area contributed by atoms with Gasteiger partial charge < -0.3 is 15.4 Å². The van der Waals surface area contributed by atoms with Gasteiger partial charge in [-0.15, -0.1) is 11.8 Å². The highest BCUT2D eigenvalue weighted by Crippen LogP contribution is 2.25. The minimum atomic E-state index is -0.440. The molecule has 0 spiro atoms. The van der Waals surface area contributed by atoms with Crippen LogP contribution in [0.25, 0.3) is 0 Å². The Morgan fingerprint density at radius 2 is 1.77 bits per heavy atom. The third kappa shape index (κ3) is 7.05. The number of carbonyl (C=O) groups is 2. The van der Waals surface area contributed by atoms with Gasteiger partial charge in [-0.05, 0) is 37.1 Å². The lowest BCUT2D eigenvalue weighted by molar-refractivity contribution is -0.131. The van der Waals surface area contributed by atoms with E-state index in [1.165, 1.54) is 6.92 Å². The number of ether oxygens (including phenoxy) is 1. The Morgan fingerprint density at radius 3 is 2.57 bits per heavy atom. The average Bonchev–Trinajstić information content (AvgIpc) is 3.18. The third-order valence-electron chi connectivity index (χ3n) is 4.56. The normalized spacial score (nSPS) is 18.0. The zero-order valence-electron chi connectivity index (χ0n) is 17.0. The molecule has 0 aliphatic carbocycles. The Kier molecular flexibility index (Phi) is 8.55. The number of rotatable bonds is 10. The molecular weight excluding hydrogens is 400 g/mol. The Bertz CT molecular complexity index is 834. The lowest BCUT2D eigenvalue weighted by Crippen LogP contribution is -2.36. The molecule has 1 heterocycles. The highest BCUT2D eigenvalue weighted by atomic mass is 32.2. The zero-order valence-corrected chi connectivity index (χ0v) is 17.8. The average molecular weight is 429 g/mol. The smallest absolute Gasteiger partial charge is 0.308 e. The Labute approximate surface area is 181 Å². The Balaban J connectivity index is 1.29. The lowest BCUT2D eigenvalue weighted by Gasteiger charge is -2.12. The monoisotopic (exact) mass is 428 g/mol. The summed E-state index contributed by atoms with van der Waals surface area (Å²) in [6.45, 7) is 1.91. The van der Waals surface area contributed by atoms with Gasteiger partial charge in [-0.1, -0.05) is 43.2 Å². The first-order chi connectivity index (χ1) is 14.6. The second-order valence-electron chi connectivity index (χ2n) is 7.00. The van der Waals surface area contributed by atoms with Gasteiger partial charge in [0.05, 0.1) is 10.9 Å². The van der Waals surface area contributed by atoms with Crippen LogP contribution < -0.4 is 26.2 Å². The first-order valence-corrected chi connectivity index (χ1v) is 11.1. The molecule has 0 bridgehead atoms. The number of para-hydroxylation sites is 2. The summed E-state index contributed by atoms with van der Waals surface area (Å²) < 4.78 is 5.09. The molecule has 1 fully saturated rings. The first-order valence-electron chi connectivity index (χ1n) is 10.2. The number of anilines is 1. The van der Waals surface area contributed by atoms with E-state index in [1.54, 1.807) is 24.3 Å². The number of hydrogen-bond donors (Lipinski definition) is 4. The molecule has 2 unspecified atom stereocenters. The molecule has 1 saturated heterocycles. The molecule has 30 heavy (non-hydrogen) atoms. The molecule has 1 aliphatic rings. The molecule has 8 heteroatoms. The number of hydrogen-bond acceptors (Lipinski definition) is 7. The minimum absolute atomic E-state index is 0.147. The topological polar surface area (TPSA) is 91.5 Å². The van der Waals surface area contributed by atoms with Gasteiger partial charge in [0.15, 0.2) is 0 Å². The van der Waals surface area contributed by atoms with Crippen molar-refractivity contribution in [1.29, 1.82) is 0 Å². The van der Waals surface area contributed by atoms with E-state index in [9.17, 15) is 9.59 Å². The molecule has 0 radical (unpaired) electrons. The lowest BCUT2D eigenvalue weighted by atomic mass is 10.1. The van der Waals surface area contributed by atoms with E-state index in [0.717, 1.165) is 31.4 Å². The van der Waals surface area contributed by atoms with Crippen molar-refractivity contribution >= 4 is 29.3 Å². The zero-order chi connectivity index (χ0) is 21.2. The van der Waals surface area contributed by atoms with Crippen molar-refractivity contribution in [2.45, 2.75) is 43.5 Å². The van der Waals surface area contributed by atoms with Crippen LogP contribution in [0.15, 0.2) is 54.6 Å². The van der Waals surface area contributed by atoms with Crippen LogP contribution in [-0.4, -0.2) is 29.3 Å². The summed E-state index contributed by atoms with van der Waals surface area (Å²) in [5.74, 6) is -0.374. The van der Waals surface area contributed by atoms with Gasteiger partial charge in [-0.3, -0.25) is 9.59 Å². The predicted molar refractivity (Wildman–Crippen MR) is 120 cm³/mol. The summed E-state index contributed by atoms with van der Waals surface area (Å²) in [5.41, 5.74) is 8.20. The van der Waals surface area contributed by atoms with Crippen LogP contribution >= 0.6 is 11.8 Å². The van der Waals surface area contributed by atoms with Crippen molar-refractivity contribution in [2.24, 2.45) is 0 Å². The summed E-state index contributed by atoms with van der Waals surface area (Å²) in [5, 5.41) is 6.70. The van der Waals surface area contributed by atoms with Crippen LogP contribution in [0.2, 0.25) is 0 Å². The number of thioether (sulfide) groups is 1. The fourth-order valence-electron chi connectivity index (χ4n) is 3.12. The summed E-state index contributed by atoms with van der Waals surface area (Å²) in [6, 6.07) is 16.9. The molecule has 1 amide bonds. The first kappa shape index (κ1) is 22.1. The molecular formula is C22H28N4O3S. The van der Waals surface area contributed by atoms with Crippen molar-refractivity contribution in [3.05, 3.63) is 60.2 Å². The highest BCUT2D eigenvalue weighted by molar-refractivity contribution is 8.00. The van der Waals surface area contributed by atoms with E-state index in [0.29, 0.717) is 17.5 Å². The van der Waals surface area contributed by atoms with Crippen LogP contribution in [0, 0.1) is 0 Å². The van der Waals surface area contributed by atoms with Gasteiger partial charge in [-0.2, -0.15) is 0 Å². The summed E-state index contributed by atoms with van der Waals surface area (Å²) in [4.78, 5) is 23.5. The second kappa shape index (κ2) is 11.6. The van der Waals surface area contributed by atoms with Crippen LogP contribution in [0.5, 0.6) is 5.75 Å². The number of carbonyl (C=O) groups excluding carboxylic acids is 2. The largest absolute Gasteiger partial charge is 0.426 e. The van der Waals surface area contributed by atoms with Gasteiger partial charge in [0.2, 0.25) is 0 Å². The molecule has 0 aromatic heterocycles. The molecule has 7 nitrogen and oxygen atoms in total. The number of unbranched alkanes of at least 4 members (excludes halogenated alkanes) is 2. The maximum absolute atomic E-state index is 12.3. The van der Waals surface area contributed by atoms with Crippen molar-refractivity contribution in [3.8, 4) is 5.75 Å². The Morgan fingerprint density at radius 1 is 1.00 bits per heavy atom. The standard InChI is InChI=1S/C22H28N4O3S/c1-16(27)29-19-13-8-7-12-18(19)21(28)23-15-9-3-6-14-20-25-26-22(30-20)24-17-10-4-2-5-11-17/h2,4-5,7-8,10-13,20,22,24-26H,3,6,9,14-15H2,1H3,(H,23,28). The van der Waals surface area contributed by atoms with E-state index in [-0.39, 0.29) is 17.2 Å². The van der Waals surface area contributed by atoms with Gasteiger partial charge in [0, 0.05) is 19.2 Å². The highest BCUT2D eigenvalue weighted by Gasteiger charge is 2.23. The summed E-state index contributed by atoms with van der Waals surface area (Å²) in [7, 11) is 0. The Hall–Kier alpha value is -2.55. The van der Waals surface area contributed by atoms with E-state index in [1.807, 2.05) is 30.0 Å². The van der Waals surface area contributed by atoms with Crippen LogP contribution in [0.4, 0.5) is 5.69 Å². The van der Waals surface area contributed by atoms with Crippen molar-refractivity contribution in [3.63, 3.8) is 0 Å². The van der Waals surface area contributed by atoms with Crippen molar-refractivity contribution in [1.82, 2.24) is 16.2 Å². The van der Waals surface area contributed by atoms with E-state index < -0.39 is 5.97 Å². The molecule has 3 rings (SSSR count). The number of amides is 1. The summed E-state index contributed by atoms with van der Waals surface area (Å²) in [6.07, 6.45) is 4.05. The molecule has 1 aliphatic heterocycles. The number of nitrogens with one attached hydrogen (secondary N) is 4. The number of esters is 1. The fourth-order valence-corrected chi connectivity index (χ4v) is 4.23. The molecule has 2 atom stereocenters. The maximum atomic E-state index is 12.3. The molecule has 4 N–H and O–H groups in total. The minimum Gasteiger partial charge on any atom is -0.426 e. The second-order valence-corrected chi connectivity index (χ2v) is 8.31. The van der Waals surface area contributed by atoms with Crippen molar-refractivity contribution in [2.75, 3.05) is 11.9 Å². The number of benzene rings is 2. The van der Waals surface area contributed by atoms with Crippen LogP contribution in [0.3, 0.4) is 0 Å².